The number of para-hydroxylation sites is 1. The van der Waals surface area contributed by atoms with Gasteiger partial charge in [0.25, 0.3) is 0 Å². The number of phenols is 1. The highest BCUT2D eigenvalue weighted by Crippen LogP contribution is 2.33. The van der Waals surface area contributed by atoms with Gasteiger partial charge in [-0.25, -0.2) is 0 Å². The number of phenolic OH excluding ortho intramolecular Hbond substituents is 1. The molecule has 0 radical (unpaired) electrons. The number of nitrogens with zero attached hydrogens (tertiary/aromatic N) is 1. The summed E-state index contributed by atoms with van der Waals surface area (Å²) in [6.07, 6.45) is 3.64. The van der Waals surface area contributed by atoms with Crippen molar-refractivity contribution in [2.75, 3.05) is 13.4 Å². The molecule has 2 aromatic rings. The molecule has 104 valence electrons. The summed E-state index contributed by atoms with van der Waals surface area (Å²) in [4.78, 5) is 5.53. The van der Waals surface area contributed by atoms with Crippen molar-refractivity contribution in [1.29, 1.82) is 0 Å². The number of ether oxygens (including phenoxy) is 1. The van der Waals surface area contributed by atoms with E-state index in [1.165, 1.54) is 7.11 Å². The second-order valence-corrected chi connectivity index (χ2v) is 5.74. The topological polar surface area (TPSA) is 41.8 Å². The van der Waals surface area contributed by atoms with E-state index in [0.29, 0.717) is 11.3 Å². The van der Waals surface area contributed by atoms with Gasteiger partial charge in [0.15, 0.2) is 11.5 Å². The lowest BCUT2D eigenvalue weighted by Gasteiger charge is -2.07. The molecule has 0 aliphatic rings. The van der Waals surface area contributed by atoms with Crippen molar-refractivity contribution in [3.63, 3.8) is 0 Å². The largest absolute Gasteiger partial charge is 0.504 e. The van der Waals surface area contributed by atoms with Gasteiger partial charge in [0.1, 0.15) is 0 Å². The van der Waals surface area contributed by atoms with Crippen molar-refractivity contribution in [2.45, 2.75) is 4.90 Å². The molecular weight excluding hydrogens is 338 g/mol. The van der Waals surface area contributed by atoms with Crippen LogP contribution in [0.15, 0.2) is 50.8 Å². The van der Waals surface area contributed by atoms with Gasteiger partial charge in [-0.15, -0.1) is 11.8 Å². The van der Waals surface area contributed by atoms with Gasteiger partial charge in [-0.1, -0.05) is 28.1 Å². The Kier molecular flexibility index (Phi) is 5.09. The first-order valence-corrected chi connectivity index (χ1v) is 7.91. The lowest BCUT2D eigenvalue weighted by molar-refractivity contribution is 0.373. The molecule has 0 heterocycles. The fourth-order valence-corrected chi connectivity index (χ4v) is 2.72. The Hall–Kier alpha value is -1.46. The number of benzene rings is 2. The molecule has 0 saturated heterocycles. The molecule has 0 atom stereocenters. The van der Waals surface area contributed by atoms with E-state index in [-0.39, 0.29) is 5.75 Å². The van der Waals surface area contributed by atoms with Gasteiger partial charge in [0, 0.05) is 21.1 Å². The Bertz CT molecular complexity index is 644. The number of aliphatic imine (C=N–C) groups is 1. The van der Waals surface area contributed by atoms with Crippen molar-refractivity contribution < 1.29 is 9.84 Å². The molecule has 3 nitrogen and oxygen atoms in total. The fourth-order valence-electron chi connectivity index (χ4n) is 1.72. The van der Waals surface area contributed by atoms with E-state index in [1.807, 2.05) is 30.5 Å². The predicted octanol–water partition coefficient (Wildman–Crippen LogP) is 4.64. The van der Waals surface area contributed by atoms with Crippen molar-refractivity contribution in [1.82, 2.24) is 0 Å². The Morgan fingerprint density at radius 3 is 2.75 bits per heavy atom. The minimum Gasteiger partial charge on any atom is -0.504 e. The zero-order chi connectivity index (χ0) is 14.5. The number of hydrogen-bond donors (Lipinski definition) is 1. The molecule has 5 heteroatoms. The zero-order valence-corrected chi connectivity index (χ0v) is 13.5. The summed E-state index contributed by atoms with van der Waals surface area (Å²) in [7, 11) is 1.52. The van der Waals surface area contributed by atoms with Crippen LogP contribution in [0.1, 0.15) is 5.56 Å². The summed E-state index contributed by atoms with van der Waals surface area (Å²) >= 11 is 5.02. The first kappa shape index (κ1) is 14.9. The highest BCUT2D eigenvalue weighted by Gasteiger charge is 2.08. The van der Waals surface area contributed by atoms with Crippen LogP contribution in [-0.2, 0) is 0 Å². The summed E-state index contributed by atoms with van der Waals surface area (Å²) in [5.74, 6) is 0.500. The molecule has 0 aliphatic heterocycles. The molecule has 0 bridgehead atoms. The third kappa shape index (κ3) is 3.35. The molecule has 2 aromatic carbocycles. The van der Waals surface area contributed by atoms with Gasteiger partial charge in [-0.2, -0.15) is 0 Å². The van der Waals surface area contributed by atoms with Crippen LogP contribution in [0.5, 0.6) is 11.5 Å². The van der Waals surface area contributed by atoms with E-state index < -0.39 is 0 Å². The van der Waals surface area contributed by atoms with Crippen molar-refractivity contribution in [3.8, 4) is 11.5 Å². The van der Waals surface area contributed by atoms with Gasteiger partial charge in [0.2, 0.25) is 0 Å². The smallest absolute Gasteiger partial charge is 0.166 e. The second kappa shape index (κ2) is 6.81. The monoisotopic (exact) mass is 351 g/mol. The van der Waals surface area contributed by atoms with E-state index in [0.717, 1.165) is 15.1 Å². The van der Waals surface area contributed by atoms with Gasteiger partial charge >= 0.3 is 0 Å². The first-order valence-electron chi connectivity index (χ1n) is 5.89. The Labute approximate surface area is 130 Å². The molecular formula is C15H14BrNO2S. The first-order chi connectivity index (χ1) is 9.65. The summed E-state index contributed by atoms with van der Waals surface area (Å²) in [6, 6.07) is 11.4. The molecule has 0 amide bonds. The van der Waals surface area contributed by atoms with Crippen LogP contribution in [0.4, 0.5) is 5.69 Å². The fraction of sp³-hybridized carbons (Fsp3) is 0.133. The Balaban J connectivity index is 2.39. The Morgan fingerprint density at radius 2 is 2.05 bits per heavy atom. The molecule has 2 rings (SSSR count). The van der Waals surface area contributed by atoms with Gasteiger partial charge < -0.3 is 9.84 Å². The van der Waals surface area contributed by atoms with Crippen LogP contribution < -0.4 is 4.74 Å². The highest BCUT2D eigenvalue weighted by atomic mass is 79.9. The summed E-state index contributed by atoms with van der Waals surface area (Å²) in [5, 5.41) is 10.1. The van der Waals surface area contributed by atoms with Crippen LogP contribution in [-0.4, -0.2) is 24.7 Å². The van der Waals surface area contributed by atoms with E-state index in [4.69, 9.17) is 4.74 Å². The average molecular weight is 352 g/mol. The number of hydrogen-bond acceptors (Lipinski definition) is 4. The molecule has 0 unspecified atom stereocenters. The van der Waals surface area contributed by atoms with Crippen LogP contribution in [0.3, 0.4) is 0 Å². The summed E-state index contributed by atoms with van der Waals surface area (Å²) in [5.41, 5.74) is 1.48. The third-order valence-electron chi connectivity index (χ3n) is 2.72. The third-order valence-corrected chi connectivity index (χ3v) is 3.96. The number of aromatic hydroxyl groups is 1. The zero-order valence-electron chi connectivity index (χ0n) is 11.1. The lowest BCUT2D eigenvalue weighted by Crippen LogP contribution is -1.89. The molecule has 0 fully saturated rings. The summed E-state index contributed by atoms with van der Waals surface area (Å²) in [6.45, 7) is 0. The lowest BCUT2D eigenvalue weighted by atomic mass is 10.2. The predicted molar refractivity (Wildman–Crippen MR) is 87.8 cm³/mol. The van der Waals surface area contributed by atoms with Gasteiger partial charge in [0.05, 0.1) is 12.8 Å². The molecule has 0 aromatic heterocycles. The second-order valence-electron chi connectivity index (χ2n) is 3.98. The van der Waals surface area contributed by atoms with Crippen LogP contribution in [0.2, 0.25) is 0 Å². The SMILES string of the molecule is COc1cc(Br)cc(C=Nc2ccccc2SC)c1O. The van der Waals surface area contributed by atoms with Gasteiger partial charge in [-0.05, 0) is 30.5 Å². The van der Waals surface area contributed by atoms with Crippen LogP contribution in [0.25, 0.3) is 0 Å². The summed E-state index contributed by atoms with van der Waals surface area (Å²) < 4.78 is 5.94. The van der Waals surface area contributed by atoms with Crippen molar-refractivity contribution in [2.24, 2.45) is 4.99 Å². The van der Waals surface area contributed by atoms with E-state index in [1.54, 1.807) is 30.1 Å². The number of rotatable bonds is 4. The minimum atomic E-state index is 0.0843. The van der Waals surface area contributed by atoms with Crippen molar-refractivity contribution >= 4 is 39.6 Å². The quantitative estimate of drug-likeness (QED) is 0.644. The maximum Gasteiger partial charge on any atom is 0.166 e. The molecule has 0 spiro atoms. The molecule has 0 aliphatic carbocycles. The van der Waals surface area contributed by atoms with Gasteiger partial charge in [-0.3, -0.25) is 4.99 Å². The molecule has 1 N–H and O–H groups in total. The van der Waals surface area contributed by atoms with E-state index in [9.17, 15) is 5.11 Å². The minimum absolute atomic E-state index is 0.0843. The van der Waals surface area contributed by atoms with Crippen LogP contribution >= 0.6 is 27.7 Å². The van der Waals surface area contributed by atoms with E-state index in [2.05, 4.69) is 20.9 Å². The maximum atomic E-state index is 10.1. The number of thioether (sulfide) groups is 1. The normalized spacial score (nSPS) is 10.9. The molecule has 0 saturated carbocycles. The average Bonchev–Trinajstić information content (AvgIpc) is 2.48. The number of methoxy groups -OCH3 is 1. The van der Waals surface area contributed by atoms with E-state index >= 15 is 0 Å². The molecule has 20 heavy (non-hydrogen) atoms. The van der Waals surface area contributed by atoms with Crippen LogP contribution in [0, 0.1) is 0 Å². The standard InChI is InChI=1S/C15H14BrNO2S/c1-19-13-8-11(16)7-10(15(13)18)9-17-12-5-3-4-6-14(12)20-2/h3-9,18H,1-2H3. The highest BCUT2D eigenvalue weighted by molar-refractivity contribution is 9.10. The maximum absolute atomic E-state index is 10.1. The Morgan fingerprint density at radius 1 is 1.30 bits per heavy atom. The van der Waals surface area contributed by atoms with Crippen molar-refractivity contribution in [3.05, 3.63) is 46.4 Å². The number of halogens is 1.